The summed E-state index contributed by atoms with van der Waals surface area (Å²) in [6, 6.07) is 1.50. The Balaban J connectivity index is 1.62. The Hall–Kier alpha value is -0.0800. The van der Waals surface area contributed by atoms with Crippen molar-refractivity contribution in [1.82, 2.24) is 10.6 Å². The molecule has 2 aliphatic carbocycles. The minimum atomic E-state index is 0.538. The largest absolute Gasteiger partial charge is 0.313 e. The molecule has 0 aromatic rings. The van der Waals surface area contributed by atoms with E-state index in [9.17, 15) is 0 Å². The van der Waals surface area contributed by atoms with Crippen molar-refractivity contribution in [3.05, 3.63) is 0 Å². The lowest BCUT2D eigenvalue weighted by atomic mass is 9.69. The van der Waals surface area contributed by atoms with Gasteiger partial charge in [-0.1, -0.05) is 20.8 Å². The summed E-state index contributed by atoms with van der Waals surface area (Å²) in [5.74, 6) is 0.960. The minimum Gasteiger partial charge on any atom is -0.313 e. The lowest BCUT2D eigenvalue weighted by Crippen LogP contribution is -2.48. The first-order valence-corrected chi connectivity index (χ1v) is 7.51. The Bertz CT molecular complexity index is 293. The van der Waals surface area contributed by atoms with Crippen LogP contribution in [0.15, 0.2) is 0 Å². The first kappa shape index (κ1) is 12.0. The van der Waals surface area contributed by atoms with Gasteiger partial charge in [-0.05, 0) is 55.4 Å². The molecule has 1 heterocycles. The Labute approximate surface area is 106 Å². The van der Waals surface area contributed by atoms with Crippen molar-refractivity contribution in [2.24, 2.45) is 16.7 Å². The number of hydrogen-bond acceptors (Lipinski definition) is 2. The lowest BCUT2D eigenvalue weighted by molar-refractivity contribution is 0.120. The van der Waals surface area contributed by atoms with Crippen LogP contribution >= 0.6 is 0 Å². The van der Waals surface area contributed by atoms with Gasteiger partial charge in [0, 0.05) is 18.6 Å². The highest BCUT2D eigenvalue weighted by molar-refractivity contribution is 5.13. The first-order valence-electron chi connectivity index (χ1n) is 7.51. The van der Waals surface area contributed by atoms with E-state index in [1.54, 1.807) is 0 Å². The van der Waals surface area contributed by atoms with Crippen LogP contribution in [-0.4, -0.2) is 25.2 Å². The van der Waals surface area contributed by atoms with Crippen molar-refractivity contribution >= 4 is 0 Å². The van der Waals surface area contributed by atoms with Gasteiger partial charge in [0.05, 0.1) is 0 Å². The van der Waals surface area contributed by atoms with Crippen LogP contribution in [0, 0.1) is 16.7 Å². The third-order valence-electron chi connectivity index (χ3n) is 6.57. The molecule has 2 saturated carbocycles. The monoisotopic (exact) mass is 236 g/mol. The molecule has 0 aromatic heterocycles. The Kier molecular flexibility index (Phi) is 2.79. The molecule has 0 unspecified atom stereocenters. The molecule has 4 atom stereocenters. The zero-order valence-corrected chi connectivity index (χ0v) is 11.7. The van der Waals surface area contributed by atoms with Crippen molar-refractivity contribution in [3.63, 3.8) is 0 Å². The van der Waals surface area contributed by atoms with Crippen molar-refractivity contribution in [2.75, 3.05) is 13.1 Å². The van der Waals surface area contributed by atoms with Crippen LogP contribution in [0.4, 0.5) is 0 Å². The van der Waals surface area contributed by atoms with Gasteiger partial charge in [0.2, 0.25) is 0 Å². The van der Waals surface area contributed by atoms with E-state index in [0.717, 1.165) is 18.0 Å². The number of hydrogen-bond donors (Lipinski definition) is 2. The lowest BCUT2D eigenvalue weighted by Gasteiger charge is -2.40. The van der Waals surface area contributed by atoms with Crippen molar-refractivity contribution in [3.8, 4) is 0 Å². The number of nitrogens with one attached hydrogen (secondary N) is 2. The fraction of sp³-hybridized carbons (Fsp3) is 1.00. The molecule has 3 fully saturated rings. The third kappa shape index (κ3) is 1.67. The normalized spacial score (nSPS) is 47.8. The molecule has 1 saturated heterocycles. The molecule has 98 valence electrons. The summed E-state index contributed by atoms with van der Waals surface area (Å²) < 4.78 is 0. The van der Waals surface area contributed by atoms with Gasteiger partial charge in [0.15, 0.2) is 0 Å². The Morgan fingerprint density at radius 2 is 2.06 bits per heavy atom. The molecule has 17 heavy (non-hydrogen) atoms. The van der Waals surface area contributed by atoms with E-state index in [1.807, 2.05) is 0 Å². The fourth-order valence-corrected chi connectivity index (χ4v) is 4.73. The average Bonchev–Trinajstić information content (AvgIpc) is 2.91. The fourth-order valence-electron chi connectivity index (χ4n) is 4.73. The van der Waals surface area contributed by atoms with Gasteiger partial charge in [-0.25, -0.2) is 0 Å². The summed E-state index contributed by atoms with van der Waals surface area (Å²) in [5, 5.41) is 7.48. The first-order chi connectivity index (χ1) is 8.04. The molecular formula is C15H28N2. The number of rotatable bonds is 3. The van der Waals surface area contributed by atoms with Gasteiger partial charge in [-0.15, -0.1) is 0 Å². The maximum Gasteiger partial charge on any atom is 0.0193 e. The second-order valence-corrected chi connectivity index (χ2v) is 7.36. The second kappa shape index (κ2) is 3.96. The molecule has 1 aliphatic heterocycles. The van der Waals surface area contributed by atoms with Gasteiger partial charge >= 0.3 is 0 Å². The van der Waals surface area contributed by atoms with Crippen LogP contribution in [0.25, 0.3) is 0 Å². The predicted molar refractivity (Wildman–Crippen MR) is 72.0 cm³/mol. The van der Waals surface area contributed by atoms with Crippen LogP contribution < -0.4 is 10.6 Å². The van der Waals surface area contributed by atoms with E-state index >= 15 is 0 Å². The van der Waals surface area contributed by atoms with E-state index in [-0.39, 0.29) is 0 Å². The van der Waals surface area contributed by atoms with E-state index in [0.29, 0.717) is 10.8 Å². The number of fused-ring (bicyclic) bond motifs is 2. The quantitative estimate of drug-likeness (QED) is 0.787. The van der Waals surface area contributed by atoms with Gasteiger partial charge in [0.25, 0.3) is 0 Å². The summed E-state index contributed by atoms with van der Waals surface area (Å²) >= 11 is 0. The van der Waals surface area contributed by atoms with E-state index < -0.39 is 0 Å². The predicted octanol–water partition coefficient (Wildman–Crippen LogP) is 2.54. The highest BCUT2D eigenvalue weighted by atomic mass is 15.0. The SMILES string of the molecule is CC1(C)[C@@H]2CC[C@@]1(C)[C@H](NC[C@@H]1CCCN1)C2. The molecule has 2 bridgehead atoms. The molecule has 2 nitrogen and oxygen atoms in total. The molecule has 3 aliphatic rings. The highest BCUT2D eigenvalue weighted by Gasteiger charge is 2.60. The second-order valence-electron chi connectivity index (χ2n) is 7.36. The Morgan fingerprint density at radius 3 is 2.59 bits per heavy atom. The molecule has 0 spiro atoms. The molecular weight excluding hydrogens is 208 g/mol. The maximum atomic E-state index is 3.89. The summed E-state index contributed by atoms with van der Waals surface area (Å²) in [6.45, 7) is 9.94. The molecule has 2 heteroatoms. The molecule has 2 N–H and O–H groups in total. The van der Waals surface area contributed by atoms with E-state index in [4.69, 9.17) is 0 Å². The van der Waals surface area contributed by atoms with E-state index in [1.165, 1.54) is 45.2 Å². The zero-order chi connectivity index (χ0) is 12.1. The minimum absolute atomic E-state index is 0.538. The summed E-state index contributed by atoms with van der Waals surface area (Å²) in [6.07, 6.45) is 7.03. The smallest absolute Gasteiger partial charge is 0.0193 e. The third-order valence-corrected chi connectivity index (χ3v) is 6.57. The van der Waals surface area contributed by atoms with Gasteiger partial charge in [0.1, 0.15) is 0 Å². The van der Waals surface area contributed by atoms with Crippen LogP contribution in [0.3, 0.4) is 0 Å². The standard InChI is InChI=1S/C15H28N2/c1-14(2)11-6-7-15(14,3)13(9-11)17-10-12-5-4-8-16-12/h11-13,16-17H,4-10H2,1-3H3/t11-,12+,13-,15+/m1/s1. The summed E-state index contributed by atoms with van der Waals surface area (Å²) in [5.41, 5.74) is 1.09. The highest BCUT2D eigenvalue weighted by Crippen LogP contribution is 2.65. The van der Waals surface area contributed by atoms with Crippen LogP contribution in [-0.2, 0) is 0 Å². The van der Waals surface area contributed by atoms with Gasteiger partial charge in [-0.2, -0.15) is 0 Å². The Morgan fingerprint density at radius 1 is 1.24 bits per heavy atom. The van der Waals surface area contributed by atoms with Crippen LogP contribution in [0.1, 0.15) is 52.9 Å². The zero-order valence-electron chi connectivity index (χ0n) is 11.7. The maximum absolute atomic E-state index is 3.89. The van der Waals surface area contributed by atoms with E-state index in [2.05, 4.69) is 31.4 Å². The molecule has 3 rings (SSSR count). The molecule has 0 amide bonds. The topological polar surface area (TPSA) is 24.1 Å². The van der Waals surface area contributed by atoms with Crippen molar-refractivity contribution in [2.45, 2.75) is 65.0 Å². The van der Waals surface area contributed by atoms with Crippen molar-refractivity contribution < 1.29 is 0 Å². The van der Waals surface area contributed by atoms with Crippen LogP contribution in [0.5, 0.6) is 0 Å². The summed E-state index contributed by atoms with van der Waals surface area (Å²) in [4.78, 5) is 0. The van der Waals surface area contributed by atoms with Gasteiger partial charge in [-0.3, -0.25) is 0 Å². The summed E-state index contributed by atoms with van der Waals surface area (Å²) in [7, 11) is 0. The van der Waals surface area contributed by atoms with Crippen LogP contribution in [0.2, 0.25) is 0 Å². The van der Waals surface area contributed by atoms with Crippen molar-refractivity contribution in [1.29, 1.82) is 0 Å². The average molecular weight is 236 g/mol. The van der Waals surface area contributed by atoms with Gasteiger partial charge < -0.3 is 10.6 Å². The molecule has 0 radical (unpaired) electrons. The molecule has 0 aromatic carbocycles.